The van der Waals surface area contributed by atoms with Crippen molar-refractivity contribution in [3.05, 3.63) is 60.7 Å². The molecule has 0 aromatic heterocycles. The first-order valence-electron chi connectivity index (χ1n) is 15.8. The molecule has 0 amide bonds. The van der Waals surface area contributed by atoms with Crippen LogP contribution < -0.4 is 29.7 Å². The maximum Gasteiger partial charge on any atom is 0.419 e. The van der Waals surface area contributed by atoms with E-state index in [1.165, 1.54) is 62.7 Å². The van der Waals surface area contributed by atoms with Gasteiger partial charge in [0.25, 0.3) is 0 Å². The van der Waals surface area contributed by atoms with E-state index in [4.69, 9.17) is 0 Å². The smallest absolute Gasteiger partial charge is 0.125 e. The highest BCUT2D eigenvalue weighted by molar-refractivity contribution is 7.95. The molecule has 0 bridgehead atoms. The van der Waals surface area contributed by atoms with E-state index in [9.17, 15) is 0 Å². The molecule has 6 fully saturated rings. The minimum absolute atomic E-state index is 1.16. The molecule has 0 aliphatic carbocycles. The number of anilines is 2. The molecule has 4 N–H and O–H groups in total. The highest BCUT2D eigenvalue weighted by Gasteiger charge is 2.84. The molecule has 220 valence electrons. The minimum atomic E-state index is -2.31. The summed E-state index contributed by atoms with van der Waals surface area (Å²) in [6.07, 6.45) is 10.2. The van der Waals surface area contributed by atoms with Gasteiger partial charge in [-0.3, -0.25) is 0 Å². The number of nitrogens with zero attached hydrogens (tertiary/aromatic N) is 6. The molecule has 0 radical (unpaired) electrons. The zero-order valence-corrected chi connectivity index (χ0v) is 26.8. The summed E-state index contributed by atoms with van der Waals surface area (Å²) >= 11 is 0. The summed E-state index contributed by atoms with van der Waals surface area (Å²) in [5, 5.41) is 8.48. The molecule has 6 aliphatic heterocycles. The standard InChI is InChI=1S/C28H46N10P3/c1-3-15-27(16-4-1)37-29-39(31-40(37,33-19-7-8-20-33)34-21-9-10-22-34)30-38(28-17-5-2-6-18-28)41(32-39,35-23-11-12-24-35)36-25-13-14-26-36/h1-6,15-18,29-32H,7-14,19-26H2/q+3. The van der Waals surface area contributed by atoms with Crippen molar-refractivity contribution < 1.29 is 0 Å². The van der Waals surface area contributed by atoms with Crippen LogP contribution in [0, 0.1) is 0 Å². The first-order chi connectivity index (χ1) is 20.2. The normalized spacial score (nSPS) is 28.6. The van der Waals surface area contributed by atoms with Gasteiger partial charge in [0, 0.05) is 62.1 Å². The Hall–Kier alpha value is -0.990. The van der Waals surface area contributed by atoms with Crippen molar-refractivity contribution in [3.8, 4) is 0 Å². The Morgan fingerprint density at radius 1 is 0.415 bits per heavy atom. The first-order valence-corrected chi connectivity index (χ1v) is 20.9. The lowest BCUT2D eigenvalue weighted by Crippen LogP contribution is -2.46. The van der Waals surface area contributed by atoms with Crippen LogP contribution in [0.2, 0.25) is 0 Å². The first kappa shape index (κ1) is 27.6. The zero-order valence-electron chi connectivity index (χ0n) is 24.1. The molecule has 2 aromatic carbocycles. The summed E-state index contributed by atoms with van der Waals surface area (Å²) < 4.78 is 16.5. The van der Waals surface area contributed by atoms with Crippen molar-refractivity contribution in [3.63, 3.8) is 0 Å². The fourth-order valence-corrected chi connectivity index (χ4v) is 23.5. The third-order valence-electron chi connectivity index (χ3n) is 9.52. The summed E-state index contributed by atoms with van der Waals surface area (Å²) in [6.45, 7) is 9.25. The summed E-state index contributed by atoms with van der Waals surface area (Å²) in [4.78, 5) is 9.03. The molecular weight excluding hydrogens is 569 g/mol. The quantitative estimate of drug-likeness (QED) is 0.308. The number of para-hydroxylation sites is 2. The van der Waals surface area contributed by atoms with E-state index in [-0.39, 0.29) is 0 Å². The molecule has 6 aliphatic rings. The fraction of sp³-hybridized carbons (Fsp3) is 0.571. The molecular formula is C28H46N10P3+3. The Kier molecular flexibility index (Phi) is 7.51. The zero-order chi connectivity index (χ0) is 27.3. The van der Waals surface area contributed by atoms with Gasteiger partial charge in [-0.15, -0.1) is 18.7 Å². The highest BCUT2D eigenvalue weighted by atomic mass is 31.3. The van der Waals surface area contributed by atoms with E-state index in [1.807, 2.05) is 0 Å². The van der Waals surface area contributed by atoms with Gasteiger partial charge >= 0.3 is 23.6 Å². The maximum atomic E-state index is 4.51. The fourth-order valence-electron chi connectivity index (χ4n) is 7.64. The number of hydrogen-bond acceptors (Lipinski definition) is 10. The maximum absolute atomic E-state index is 4.51. The molecule has 6 heterocycles. The van der Waals surface area contributed by atoms with Crippen LogP contribution in [0.4, 0.5) is 11.4 Å². The van der Waals surface area contributed by atoms with Gasteiger partial charge < -0.3 is 0 Å². The van der Waals surface area contributed by atoms with E-state index < -0.39 is 23.6 Å². The van der Waals surface area contributed by atoms with Gasteiger partial charge in [0.2, 0.25) is 0 Å². The van der Waals surface area contributed by atoms with Crippen LogP contribution in [-0.4, -0.2) is 71.0 Å². The Balaban J connectivity index is 1.28. The monoisotopic (exact) mass is 615 g/mol. The number of nitrogens with one attached hydrogen (secondary N) is 4. The number of benzene rings is 2. The summed E-state index contributed by atoms with van der Waals surface area (Å²) in [7, 11) is -6.53. The van der Waals surface area contributed by atoms with E-state index in [0.29, 0.717) is 0 Å². The summed E-state index contributed by atoms with van der Waals surface area (Å²) in [5.74, 6) is 0. The van der Waals surface area contributed by atoms with E-state index >= 15 is 0 Å². The van der Waals surface area contributed by atoms with Crippen LogP contribution in [0.25, 0.3) is 0 Å². The average molecular weight is 616 g/mol. The Labute approximate surface area is 247 Å². The van der Waals surface area contributed by atoms with Crippen LogP contribution in [-0.2, 0) is 0 Å². The van der Waals surface area contributed by atoms with Crippen LogP contribution >= 0.6 is 23.6 Å². The minimum Gasteiger partial charge on any atom is -0.125 e. The summed E-state index contributed by atoms with van der Waals surface area (Å²) in [6, 6.07) is 22.3. The van der Waals surface area contributed by atoms with Crippen molar-refractivity contribution in [2.24, 2.45) is 0 Å². The largest absolute Gasteiger partial charge is 0.419 e. The molecule has 13 heteroatoms. The predicted octanol–water partition coefficient (Wildman–Crippen LogP) is 5.63. The van der Waals surface area contributed by atoms with Crippen LogP contribution in [0.15, 0.2) is 60.7 Å². The van der Waals surface area contributed by atoms with Gasteiger partial charge in [0.05, 0.1) is 0 Å². The molecule has 1 spiro atoms. The molecule has 0 atom stereocenters. The second-order valence-corrected chi connectivity index (χ2v) is 20.8. The average Bonchev–Trinajstić information content (AvgIpc) is 3.85. The lowest BCUT2D eigenvalue weighted by Gasteiger charge is -2.37. The third kappa shape index (κ3) is 4.50. The Morgan fingerprint density at radius 3 is 1.00 bits per heavy atom. The van der Waals surface area contributed by atoms with E-state index in [2.05, 4.69) is 109 Å². The molecule has 2 aromatic rings. The van der Waals surface area contributed by atoms with Crippen LogP contribution in [0.5, 0.6) is 0 Å². The number of rotatable bonds is 6. The van der Waals surface area contributed by atoms with Crippen LogP contribution in [0.1, 0.15) is 51.4 Å². The molecule has 0 saturated carbocycles. The van der Waals surface area contributed by atoms with Crippen molar-refractivity contribution in [2.45, 2.75) is 51.4 Å². The number of hydrogen-bond donors (Lipinski definition) is 4. The van der Waals surface area contributed by atoms with Crippen molar-refractivity contribution in [2.75, 3.05) is 61.9 Å². The molecule has 10 nitrogen and oxygen atoms in total. The Morgan fingerprint density at radius 2 is 0.707 bits per heavy atom. The molecule has 8 rings (SSSR count). The van der Waals surface area contributed by atoms with Crippen molar-refractivity contribution in [1.82, 2.24) is 38.8 Å². The van der Waals surface area contributed by atoms with Gasteiger partial charge in [-0.25, -0.2) is 0 Å². The highest BCUT2D eigenvalue weighted by Crippen LogP contribution is 2.85. The van der Waals surface area contributed by atoms with Gasteiger partial charge in [0.1, 0.15) is 11.4 Å². The summed E-state index contributed by atoms with van der Waals surface area (Å²) in [5.41, 5.74) is 2.52. The van der Waals surface area contributed by atoms with Crippen molar-refractivity contribution >= 4 is 35.0 Å². The SMILES string of the molecule is c1ccc(N2N[P+]3(NN(c4ccccc4)[P+](N4CCCC4)(N4CCCC4)N3)N[P+]2(N2CCCC2)N2CCCC2)cc1. The van der Waals surface area contributed by atoms with Gasteiger partial charge in [-0.1, -0.05) is 46.0 Å². The van der Waals surface area contributed by atoms with E-state index in [0.717, 1.165) is 52.4 Å². The molecule has 0 unspecified atom stereocenters. The Bertz CT molecular complexity index is 1060. The topological polar surface area (TPSA) is 67.6 Å². The van der Waals surface area contributed by atoms with Crippen molar-refractivity contribution in [1.29, 1.82) is 0 Å². The van der Waals surface area contributed by atoms with Gasteiger partial charge in [-0.2, -0.15) is 0 Å². The molecule has 41 heavy (non-hydrogen) atoms. The van der Waals surface area contributed by atoms with Gasteiger partial charge in [-0.05, 0) is 86.0 Å². The van der Waals surface area contributed by atoms with Gasteiger partial charge in [0.15, 0.2) is 0 Å². The lowest BCUT2D eigenvalue weighted by atomic mass is 10.3. The third-order valence-corrected chi connectivity index (χ3v) is 21.9. The molecule has 6 saturated heterocycles. The van der Waals surface area contributed by atoms with E-state index in [1.54, 1.807) is 0 Å². The second-order valence-electron chi connectivity index (χ2n) is 12.1. The lowest BCUT2D eigenvalue weighted by molar-refractivity contribution is 0.446. The van der Waals surface area contributed by atoms with Crippen LogP contribution in [0.3, 0.4) is 0 Å². The number of hydrazine groups is 2. The second kappa shape index (κ2) is 11.2. The predicted molar refractivity (Wildman–Crippen MR) is 174 cm³/mol.